The summed E-state index contributed by atoms with van der Waals surface area (Å²) in [7, 11) is 0. The van der Waals surface area contributed by atoms with Crippen molar-refractivity contribution in [2.45, 2.75) is 33.3 Å². The highest BCUT2D eigenvalue weighted by molar-refractivity contribution is 5.77. The predicted molar refractivity (Wildman–Crippen MR) is 65.5 cm³/mol. The number of aliphatic carboxylic acids is 1. The molecule has 5 heteroatoms. The van der Waals surface area contributed by atoms with E-state index >= 15 is 0 Å². The fraction of sp³-hybridized carbons (Fsp3) is 0.500. The third-order valence-corrected chi connectivity index (χ3v) is 3.88. The summed E-state index contributed by atoms with van der Waals surface area (Å²) in [5.41, 5.74) is 0.983. The van der Waals surface area contributed by atoms with E-state index in [0.29, 0.717) is 5.56 Å². The van der Waals surface area contributed by atoms with Gasteiger partial charge in [-0.3, -0.25) is 4.79 Å². The second kappa shape index (κ2) is 4.47. The van der Waals surface area contributed by atoms with Crippen LogP contribution in [0.4, 0.5) is 8.78 Å². The van der Waals surface area contributed by atoms with Crippen molar-refractivity contribution in [2.24, 2.45) is 11.3 Å². The van der Waals surface area contributed by atoms with Gasteiger partial charge in [-0.25, -0.2) is 0 Å². The van der Waals surface area contributed by atoms with E-state index < -0.39 is 18.5 Å². The van der Waals surface area contributed by atoms with E-state index in [1.54, 1.807) is 19.1 Å². The van der Waals surface area contributed by atoms with Gasteiger partial charge in [-0.15, -0.1) is 0 Å². The van der Waals surface area contributed by atoms with Crippen LogP contribution in [0.1, 0.15) is 30.9 Å². The summed E-state index contributed by atoms with van der Waals surface area (Å²) in [6.45, 7) is 2.53. The van der Waals surface area contributed by atoms with Gasteiger partial charge in [0.25, 0.3) is 0 Å². The molecule has 1 aliphatic rings. The molecule has 1 aliphatic carbocycles. The highest BCUT2D eigenvalue weighted by atomic mass is 19.3. The topological polar surface area (TPSA) is 46.5 Å². The summed E-state index contributed by atoms with van der Waals surface area (Å²) >= 11 is 0. The molecule has 0 spiro atoms. The number of carboxylic acid groups (broad SMARTS) is 1. The summed E-state index contributed by atoms with van der Waals surface area (Å²) in [6.07, 6.45) is 0. The smallest absolute Gasteiger partial charge is 0.387 e. The molecule has 2 atom stereocenters. The maximum Gasteiger partial charge on any atom is 0.387 e. The molecule has 1 N–H and O–H groups in total. The highest BCUT2D eigenvalue weighted by Gasteiger charge is 2.62. The van der Waals surface area contributed by atoms with Gasteiger partial charge in [0.15, 0.2) is 0 Å². The van der Waals surface area contributed by atoms with Gasteiger partial charge in [-0.1, -0.05) is 26.0 Å². The van der Waals surface area contributed by atoms with E-state index in [1.807, 2.05) is 13.8 Å². The van der Waals surface area contributed by atoms with Crippen LogP contribution >= 0.6 is 0 Å². The number of carboxylic acids is 1. The number of hydrogen-bond donors (Lipinski definition) is 1. The zero-order chi connectivity index (χ0) is 14.4. The number of aryl methyl sites for hydroxylation is 1. The molecule has 19 heavy (non-hydrogen) atoms. The molecule has 0 aliphatic heterocycles. The number of rotatable bonds is 4. The van der Waals surface area contributed by atoms with E-state index in [9.17, 15) is 13.6 Å². The maximum atomic E-state index is 12.3. The Morgan fingerprint density at radius 1 is 1.42 bits per heavy atom. The van der Waals surface area contributed by atoms with Crippen molar-refractivity contribution < 1.29 is 23.4 Å². The van der Waals surface area contributed by atoms with Crippen LogP contribution in [-0.2, 0) is 4.79 Å². The molecular weight excluding hydrogens is 254 g/mol. The second-order valence-electron chi connectivity index (χ2n) is 5.52. The van der Waals surface area contributed by atoms with E-state index in [2.05, 4.69) is 4.74 Å². The third-order valence-electron chi connectivity index (χ3n) is 3.88. The largest absolute Gasteiger partial charge is 0.481 e. The molecule has 0 aromatic heterocycles. The Morgan fingerprint density at radius 2 is 2.05 bits per heavy atom. The van der Waals surface area contributed by atoms with Gasteiger partial charge in [-0.05, 0) is 29.5 Å². The van der Waals surface area contributed by atoms with Crippen LogP contribution in [0.3, 0.4) is 0 Å². The number of ether oxygens (including phenoxy) is 1. The molecule has 0 heterocycles. The lowest BCUT2D eigenvalue weighted by Crippen LogP contribution is -2.04. The van der Waals surface area contributed by atoms with Crippen LogP contribution in [0.25, 0.3) is 0 Å². The van der Waals surface area contributed by atoms with E-state index in [0.717, 1.165) is 5.56 Å². The number of hydrogen-bond acceptors (Lipinski definition) is 2. The molecule has 0 saturated heterocycles. The Hall–Kier alpha value is -1.65. The van der Waals surface area contributed by atoms with Crippen molar-refractivity contribution in [1.82, 2.24) is 0 Å². The molecule has 2 unspecified atom stereocenters. The molecule has 1 saturated carbocycles. The molecule has 104 valence electrons. The summed E-state index contributed by atoms with van der Waals surface area (Å²) in [5, 5.41) is 9.14. The van der Waals surface area contributed by atoms with Crippen LogP contribution in [-0.4, -0.2) is 17.7 Å². The summed E-state index contributed by atoms with van der Waals surface area (Å²) < 4.78 is 29.0. The first-order valence-corrected chi connectivity index (χ1v) is 6.03. The minimum atomic E-state index is -2.88. The molecule has 2 rings (SSSR count). The first kappa shape index (κ1) is 13.8. The highest BCUT2D eigenvalue weighted by Crippen LogP contribution is 2.64. The molecule has 1 aromatic carbocycles. The quantitative estimate of drug-likeness (QED) is 0.911. The first-order chi connectivity index (χ1) is 8.75. The van der Waals surface area contributed by atoms with E-state index in [-0.39, 0.29) is 17.1 Å². The zero-order valence-corrected chi connectivity index (χ0v) is 11.0. The van der Waals surface area contributed by atoms with Crippen molar-refractivity contribution in [2.75, 3.05) is 0 Å². The molecule has 0 radical (unpaired) electrons. The molecule has 3 nitrogen and oxygen atoms in total. The average Bonchev–Trinajstić information content (AvgIpc) is 2.84. The van der Waals surface area contributed by atoms with E-state index in [4.69, 9.17) is 5.11 Å². The third kappa shape index (κ3) is 2.41. The van der Waals surface area contributed by atoms with Crippen molar-refractivity contribution in [1.29, 1.82) is 0 Å². The molecular formula is C14H16F2O3. The van der Waals surface area contributed by atoms with E-state index in [1.165, 1.54) is 6.07 Å². The van der Waals surface area contributed by atoms with Crippen molar-refractivity contribution in [3.8, 4) is 5.75 Å². The first-order valence-electron chi connectivity index (χ1n) is 6.03. The Kier molecular flexibility index (Phi) is 3.24. The van der Waals surface area contributed by atoms with Gasteiger partial charge in [-0.2, -0.15) is 8.78 Å². The Balaban J connectivity index is 2.30. The minimum Gasteiger partial charge on any atom is -0.481 e. The maximum absolute atomic E-state index is 12.3. The van der Waals surface area contributed by atoms with Gasteiger partial charge in [0.05, 0.1) is 5.92 Å². The van der Waals surface area contributed by atoms with Crippen LogP contribution in [0.5, 0.6) is 5.75 Å². The number of carbonyl (C=O) groups is 1. The zero-order valence-electron chi connectivity index (χ0n) is 11.0. The average molecular weight is 270 g/mol. The Labute approximate surface area is 110 Å². The lowest BCUT2D eigenvalue weighted by molar-refractivity contribution is -0.139. The molecule has 0 amide bonds. The minimum absolute atomic E-state index is 0.110. The Morgan fingerprint density at radius 3 is 2.53 bits per heavy atom. The SMILES string of the molecule is Cc1ccc(C2C(C(=O)O)C2(C)C)cc1OC(F)F. The van der Waals surface area contributed by atoms with Crippen LogP contribution in [0.2, 0.25) is 0 Å². The van der Waals surface area contributed by atoms with Crippen LogP contribution < -0.4 is 4.74 Å². The van der Waals surface area contributed by atoms with Crippen LogP contribution in [0, 0.1) is 18.3 Å². The lowest BCUT2D eigenvalue weighted by Gasteiger charge is -2.10. The number of benzene rings is 1. The van der Waals surface area contributed by atoms with Crippen molar-refractivity contribution in [3.05, 3.63) is 29.3 Å². The summed E-state index contributed by atoms with van der Waals surface area (Å²) in [5.74, 6) is -1.38. The molecule has 1 aromatic rings. The fourth-order valence-electron chi connectivity index (χ4n) is 2.75. The summed E-state index contributed by atoms with van der Waals surface area (Å²) in [4.78, 5) is 11.1. The lowest BCUT2D eigenvalue weighted by atomic mass is 10.0. The standard InChI is InChI=1S/C14H16F2O3/c1-7-4-5-8(6-9(7)19-13(15)16)10-11(12(17)18)14(10,2)3/h4-6,10-11,13H,1-3H3,(H,17,18). The molecule has 1 fully saturated rings. The predicted octanol–water partition coefficient (Wildman–Crippen LogP) is 3.42. The monoisotopic (exact) mass is 270 g/mol. The summed E-state index contributed by atoms with van der Waals surface area (Å²) in [6, 6.07) is 4.99. The number of halogens is 2. The van der Waals surface area contributed by atoms with Crippen LogP contribution in [0.15, 0.2) is 18.2 Å². The normalized spacial score (nSPS) is 24.3. The van der Waals surface area contributed by atoms with Crippen molar-refractivity contribution in [3.63, 3.8) is 0 Å². The Bertz CT molecular complexity index is 511. The van der Waals surface area contributed by atoms with Gasteiger partial charge in [0.2, 0.25) is 0 Å². The van der Waals surface area contributed by atoms with Gasteiger partial charge in [0.1, 0.15) is 5.75 Å². The van der Waals surface area contributed by atoms with Gasteiger partial charge in [0, 0.05) is 5.92 Å². The second-order valence-corrected chi connectivity index (χ2v) is 5.52. The number of alkyl halides is 2. The van der Waals surface area contributed by atoms with Gasteiger partial charge < -0.3 is 9.84 Å². The fourth-order valence-corrected chi connectivity index (χ4v) is 2.75. The molecule has 0 bridgehead atoms. The van der Waals surface area contributed by atoms with Crippen molar-refractivity contribution >= 4 is 5.97 Å². The van der Waals surface area contributed by atoms with Gasteiger partial charge >= 0.3 is 12.6 Å².